The zero-order valence-corrected chi connectivity index (χ0v) is 13.9. The molecule has 1 aromatic carbocycles. The van der Waals surface area contributed by atoms with Crippen LogP contribution in [0.3, 0.4) is 0 Å². The molecule has 1 atom stereocenters. The average Bonchev–Trinajstić information content (AvgIpc) is 2.48. The summed E-state index contributed by atoms with van der Waals surface area (Å²) < 4.78 is 28.6. The van der Waals surface area contributed by atoms with Crippen LogP contribution in [0.2, 0.25) is 5.02 Å². The number of methoxy groups -OCH3 is 1. The number of halogens is 1. The van der Waals surface area contributed by atoms with E-state index in [1.807, 2.05) is 6.92 Å². The number of hydrogen-bond acceptors (Lipinski definition) is 6. The standard InChI is InChI=1S/C14H16ClN3O3S/c1-9(18-14-11(15)7-16-8-17-14)10-4-5-13(22(3,19)20)12(6-10)21-2/h4-9H,1-3H3,(H,16,17,18). The van der Waals surface area contributed by atoms with Crippen LogP contribution in [0.1, 0.15) is 18.5 Å². The lowest BCUT2D eigenvalue weighted by Crippen LogP contribution is -2.10. The van der Waals surface area contributed by atoms with Gasteiger partial charge in [-0.15, -0.1) is 0 Å². The fraction of sp³-hybridized carbons (Fsp3) is 0.286. The van der Waals surface area contributed by atoms with E-state index < -0.39 is 9.84 Å². The molecular weight excluding hydrogens is 326 g/mol. The van der Waals surface area contributed by atoms with E-state index in [9.17, 15) is 8.42 Å². The van der Waals surface area contributed by atoms with Crippen LogP contribution in [0.15, 0.2) is 35.6 Å². The highest BCUT2D eigenvalue weighted by molar-refractivity contribution is 7.90. The highest BCUT2D eigenvalue weighted by Crippen LogP contribution is 2.29. The molecular formula is C14H16ClN3O3S. The van der Waals surface area contributed by atoms with Crippen LogP contribution in [-0.2, 0) is 9.84 Å². The van der Waals surface area contributed by atoms with Crippen LogP contribution in [-0.4, -0.2) is 31.8 Å². The highest BCUT2D eigenvalue weighted by atomic mass is 35.5. The zero-order valence-electron chi connectivity index (χ0n) is 12.4. The Morgan fingerprint density at radius 1 is 1.36 bits per heavy atom. The molecule has 0 amide bonds. The Balaban J connectivity index is 2.31. The van der Waals surface area contributed by atoms with E-state index in [4.69, 9.17) is 16.3 Å². The van der Waals surface area contributed by atoms with Crippen molar-refractivity contribution in [2.24, 2.45) is 0 Å². The second kappa shape index (κ2) is 6.50. The smallest absolute Gasteiger partial charge is 0.179 e. The van der Waals surface area contributed by atoms with E-state index in [1.165, 1.54) is 25.7 Å². The van der Waals surface area contributed by atoms with E-state index in [0.29, 0.717) is 16.6 Å². The molecule has 1 unspecified atom stereocenters. The van der Waals surface area contributed by atoms with Gasteiger partial charge in [0.2, 0.25) is 0 Å². The molecule has 2 aromatic rings. The molecule has 1 N–H and O–H groups in total. The number of sulfone groups is 1. The number of nitrogens with one attached hydrogen (secondary N) is 1. The minimum absolute atomic E-state index is 0.144. The van der Waals surface area contributed by atoms with Crippen LogP contribution in [0.4, 0.5) is 5.82 Å². The van der Waals surface area contributed by atoms with Crippen LogP contribution in [0.5, 0.6) is 5.75 Å². The summed E-state index contributed by atoms with van der Waals surface area (Å²) in [5, 5.41) is 3.56. The third-order valence-electron chi connectivity index (χ3n) is 3.11. The molecule has 0 aliphatic heterocycles. The van der Waals surface area contributed by atoms with E-state index in [0.717, 1.165) is 11.8 Å². The maximum absolute atomic E-state index is 11.7. The minimum Gasteiger partial charge on any atom is -0.495 e. The van der Waals surface area contributed by atoms with E-state index >= 15 is 0 Å². The fourth-order valence-corrected chi connectivity index (χ4v) is 2.95. The topological polar surface area (TPSA) is 81.2 Å². The van der Waals surface area contributed by atoms with Crippen LogP contribution in [0.25, 0.3) is 0 Å². The molecule has 118 valence electrons. The normalized spacial score (nSPS) is 12.7. The second-order valence-corrected chi connectivity index (χ2v) is 7.16. The van der Waals surface area contributed by atoms with Crippen LogP contribution >= 0.6 is 11.6 Å². The number of rotatable bonds is 5. The number of anilines is 1. The van der Waals surface area contributed by atoms with Gasteiger partial charge >= 0.3 is 0 Å². The number of nitrogens with zero attached hydrogens (tertiary/aromatic N) is 2. The van der Waals surface area contributed by atoms with Gasteiger partial charge in [-0.2, -0.15) is 0 Å². The van der Waals surface area contributed by atoms with Gasteiger partial charge in [0.05, 0.1) is 19.3 Å². The first-order valence-electron chi connectivity index (χ1n) is 6.43. The van der Waals surface area contributed by atoms with Crippen molar-refractivity contribution in [3.8, 4) is 5.75 Å². The van der Waals surface area contributed by atoms with Gasteiger partial charge in [-0.25, -0.2) is 18.4 Å². The Labute approximate surface area is 134 Å². The summed E-state index contributed by atoms with van der Waals surface area (Å²) in [6.07, 6.45) is 4.04. The SMILES string of the molecule is COc1cc(C(C)Nc2ncncc2Cl)ccc1S(C)(=O)=O. The molecule has 0 spiro atoms. The van der Waals surface area contributed by atoms with Gasteiger partial charge < -0.3 is 10.1 Å². The molecule has 8 heteroatoms. The minimum atomic E-state index is -3.34. The lowest BCUT2D eigenvalue weighted by Gasteiger charge is -2.17. The monoisotopic (exact) mass is 341 g/mol. The maximum Gasteiger partial charge on any atom is 0.179 e. The first kappa shape index (κ1) is 16.5. The molecule has 0 saturated heterocycles. The summed E-state index contributed by atoms with van der Waals surface area (Å²) in [4.78, 5) is 8.04. The van der Waals surface area contributed by atoms with Gasteiger partial charge in [0, 0.05) is 6.26 Å². The summed E-state index contributed by atoms with van der Waals surface area (Å²) in [5.41, 5.74) is 0.846. The Morgan fingerprint density at radius 2 is 2.09 bits per heavy atom. The van der Waals surface area contributed by atoms with Gasteiger partial charge in [-0.1, -0.05) is 17.7 Å². The number of hydrogen-bond donors (Lipinski definition) is 1. The first-order valence-corrected chi connectivity index (χ1v) is 8.70. The number of aromatic nitrogens is 2. The molecule has 1 aromatic heterocycles. The molecule has 1 heterocycles. The Hall–Kier alpha value is -1.86. The summed E-state index contributed by atoms with van der Waals surface area (Å²) in [6.45, 7) is 1.91. The molecule has 0 saturated carbocycles. The van der Waals surface area contributed by atoms with E-state index in [-0.39, 0.29) is 10.9 Å². The first-order chi connectivity index (χ1) is 10.3. The molecule has 0 radical (unpaired) electrons. The number of ether oxygens (including phenoxy) is 1. The van der Waals surface area contributed by atoms with Gasteiger partial charge in [0.1, 0.15) is 27.8 Å². The molecule has 0 bridgehead atoms. The predicted molar refractivity (Wildman–Crippen MR) is 85.2 cm³/mol. The summed E-state index contributed by atoms with van der Waals surface area (Å²) in [6, 6.07) is 4.80. The van der Waals surface area contributed by atoms with Crippen molar-refractivity contribution in [3.63, 3.8) is 0 Å². The van der Waals surface area contributed by atoms with E-state index in [2.05, 4.69) is 15.3 Å². The van der Waals surface area contributed by atoms with Crippen molar-refractivity contribution in [1.82, 2.24) is 9.97 Å². The van der Waals surface area contributed by atoms with Gasteiger partial charge in [-0.05, 0) is 24.6 Å². The molecule has 2 rings (SSSR count). The zero-order chi connectivity index (χ0) is 16.3. The van der Waals surface area contributed by atoms with Crippen molar-refractivity contribution in [2.45, 2.75) is 17.9 Å². The van der Waals surface area contributed by atoms with Crippen LogP contribution < -0.4 is 10.1 Å². The summed E-state index contributed by atoms with van der Waals surface area (Å²) in [7, 11) is -1.90. The third kappa shape index (κ3) is 3.66. The van der Waals surface area contributed by atoms with Crippen molar-refractivity contribution < 1.29 is 13.2 Å². The van der Waals surface area contributed by atoms with Gasteiger partial charge in [0.15, 0.2) is 9.84 Å². The van der Waals surface area contributed by atoms with Crippen molar-refractivity contribution in [1.29, 1.82) is 0 Å². The number of benzene rings is 1. The van der Waals surface area contributed by atoms with Gasteiger partial charge in [-0.3, -0.25) is 0 Å². The molecule has 0 aliphatic carbocycles. The lowest BCUT2D eigenvalue weighted by atomic mass is 10.1. The highest BCUT2D eigenvalue weighted by Gasteiger charge is 2.17. The Bertz CT molecular complexity index is 781. The largest absolute Gasteiger partial charge is 0.495 e. The molecule has 0 fully saturated rings. The Morgan fingerprint density at radius 3 is 2.68 bits per heavy atom. The lowest BCUT2D eigenvalue weighted by molar-refractivity contribution is 0.402. The van der Waals surface area contributed by atoms with Crippen molar-refractivity contribution in [3.05, 3.63) is 41.3 Å². The summed E-state index contributed by atoms with van der Waals surface area (Å²) in [5.74, 6) is 0.817. The van der Waals surface area contributed by atoms with Crippen molar-refractivity contribution in [2.75, 3.05) is 18.7 Å². The third-order valence-corrected chi connectivity index (χ3v) is 4.52. The maximum atomic E-state index is 11.7. The van der Waals surface area contributed by atoms with Crippen molar-refractivity contribution >= 4 is 27.3 Å². The quantitative estimate of drug-likeness (QED) is 0.900. The predicted octanol–water partition coefficient (Wildman–Crippen LogP) is 2.72. The van der Waals surface area contributed by atoms with Gasteiger partial charge in [0.25, 0.3) is 0 Å². The molecule has 0 aliphatic rings. The average molecular weight is 342 g/mol. The fourth-order valence-electron chi connectivity index (χ4n) is 1.97. The Kier molecular flexibility index (Phi) is 4.87. The van der Waals surface area contributed by atoms with Crippen LogP contribution in [0, 0.1) is 0 Å². The second-order valence-electron chi connectivity index (χ2n) is 4.77. The summed E-state index contributed by atoms with van der Waals surface area (Å²) >= 11 is 6.01. The molecule has 6 nitrogen and oxygen atoms in total. The van der Waals surface area contributed by atoms with E-state index in [1.54, 1.807) is 12.1 Å². The molecule has 22 heavy (non-hydrogen) atoms.